The van der Waals surface area contributed by atoms with Crippen LogP contribution in [0.3, 0.4) is 0 Å². The molecule has 0 amide bonds. The highest BCUT2D eigenvalue weighted by Gasteiger charge is 2.50. The number of hydrogen-bond donors (Lipinski definition) is 0. The van der Waals surface area contributed by atoms with Gasteiger partial charge in [-0.3, -0.25) is 0 Å². The van der Waals surface area contributed by atoms with Crippen molar-refractivity contribution in [3.8, 4) is 0 Å². The van der Waals surface area contributed by atoms with Gasteiger partial charge in [-0.1, -0.05) is 6.92 Å². The quantitative estimate of drug-likeness (QED) is 0.539. The predicted octanol–water partition coefficient (Wildman–Crippen LogP) is 4.17. The molecule has 1 aromatic rings. The summed E-state index contributed by atoms with van der Waals surface area (Å²) in [5, 5.41) is 0. The molecule has 1 saturated heterocycles. The predicted molar refractivity (Wildman–Crippen MR) is 62.8 cm³/mol. The van der Waals surface area contributed by atoms with E-state index in [9.17, 15) is 39.5 Å². The van der Waals surface area contributed by atoms with Crippen LogP contribution in [0.5, 0.6) is 0 Å². The molecule has 142 valence electrons. The normalized spacial score (nSPS) is 25.8. The molecule has 0 aromatic carbocycles. The number of pyridine rings is 1. The zero-order valence-electron chi connectivity index (χ0n) is 12.3. The average molecular weight is 383 g/mol. The summed E-state index contributed by atoms with van der Waals surface area (Å²) in [5.74, 6) is -8.63. The third-order valence-electron chi connectivity index (χ3n) is 3.58. The van der Waals surface area contributed by atoms with Crippen LogP contribution in [0.1, 0.15) is 24.3 Å². The second-order valence-electron chi connectivity index (χ2n) is 5.27. The molecule has 0 N–H and O–H groups in total. The number of ether oxygens (including phenoxy) is 2. The van der Waals surface area contributed by atoms with Crippen LogP contribution in [-0.2, 0) is 15.7 Å². The molecule has 12 heteroatoms. The second-order valence-corrected chi connectivity index (χ2v) is 5.27. The van der Waals surface area contributed by atoms with Gasteiger partial charge in [-0.2, -0.15) is 30.7 Å². The fourth-order valence-corrected chi connectivity index (χ4v) is 2.52. The Hall–Kier alpha value is -1.56. The Morgan fingerprint density at radius 2 is 1.48 bits per heavy atom. The molecule has 1 fully saturated rings. The fraction of sp³-hybridized carbons (Fsp3) is 0.615. The van der Waals surface area contributed by atoms with E-state index in [2.05, 4.69) is 9.72 Å². The van der Waals surface area contributed by atoms with Crippen molar-refractivity contribution in [1.29, 1.82) is 0 Å². The van der Waals surface area contributed by atoms with Gasteiger partial charge >= 0.3 is 12.4 Å². The minimum absolute atomic E-state index is 0.592. The molecule has 3 nitrogen and oxygen atoms in total. The number of aromatic nitrogens is 1. The first-order chi connectivity index (χ1) is 11.4. The van der Waals surface area contributed by atoms with E-state index in [1.165, 1.54) is 0 Å². The lowest BCUT2D eigenvalue weighted by atomic mass is 9.91. The van der Waals surface area contributed by atoms with Crippen LogP contribution < -0.4 is 0 Å². The third-order valence-corrected chi connectivity index (χ3v) is 3.58. The van der Waals surface area contributed by atoms with Crippen LogP contribution in [0.2, 0.25) is 0 Å². The van der Waals surface area contributed by atoms with E-state index < -0.39 is 72.5 Å². The minimum atomic E-state index is -5.48. The average Bonchev–Trinajstić information content (AvgIpc) is 2.64. The number of hydrogen-bond acceptors (Lipinski definition) is 3. The van der Waals surface area contributed by atoms with E-state index in [1.54, 1.807) is 0 Å². The molecule has 0 saturated carbocycles. The van der Waals surface area contributed by atoms with Crippen LogP contribution >= 0.6 is 0 Å². The Morgan fingerprint density at radius 3 is 2.00 bits per heavy atom. The summed E-state index contributed by atoms with van der Waals surface area (Å²) in [6.45, 7) is -0.391. The van der Waals surface area contributed by atoms with Crippen molar-refractivity contribution in [3.63, 3.8) is 0 Å². The van der Waals surface area contributed by atoms with Crippen molar-refractivity contribution in [1.82, 2.24) is 4.98 Å². The minimum Gasteiger partial charge on any atom is -0.371 e. The summed E-state index contributed by atoms with van der Waals surface area (Å²) in [5.41, 5.74) is -3.99. The van der Waals surface area contributed by atoms with Gasteiger partial charge in [0.05, 0.1) is 24.9 Å². The van der Waals surface area contributed by atoms with Gasteiger partial charge in [0.25, 0.3) is 0 Å². The number of nitrogens with zero attached hydrogens (tertiary/aromatic N) is 1. The molecule has 2 rings (SSSR count). The van der Waals surface area contributed by atoms with E-state index >= 15 is 0 Å². The molecule has 0 radical (unpaired) electrons. The van der Waals surface area contributed by atoms with Crippen molar-refractivity contribution in [2.75, 3.05) is 13.2 Å². The molecule has 0 aliphatic carbocycles. The van der Waals surface area contributed by atoms with Crippen molar-refractivity contribution in [3.05, 3.63) is 28.8 Å². The largest absolute Gasteiger partial charge is 0.436 e. The van der Waals surface area contributed by atoms with Crippen LogP contribution in [0.25, 0.3) is 0 Å². The monoisotopic (exact) mass is 383 g/mol. The zero-order valence-corrected chi connectivity index (χ0v) is 12.3. The third kappa shape index (κ3) is 3.84. The maximum atomic E-state index is 14.1. The lowest BCUT2D eigenvalue weighted by Gasteiger charge is -2.29. The smallest absolute Gasteiger partial charge is 0.371 e. The van der Waals surface area contributed by atoms with Gasteiger partial charge in [-0.25, -0.2) is 13.8 Å². The highest BCUT2D eigenvalue weighted by atomic mass is 19.4. The number of alkyl halides is 6. The lowest BCUT2D eigenvalue weighted by molar-refractivity contribution is -0.233. The summed E-state index contributed by atoms with van der Waals surface area (Å²) in [6.07, 6.45) is -15.2. The Bertz CT molecular complexity index is 644. The van der Waals surface area contributed by atoms with Crippen LogP contribution in [0, 0.1) is 23.5 Å². The molecule has 1 aliphatic heterocycles. The highest BCUT2D eigenvalue weighted by molar-refractivity contribution is 5.27. The van der Waals surface area contributed by atoms with Gasteiger partial charge in [0.1, 0.15) is 0 Å². The molecule has 1 aliphatic rings. The standard InChI is InChI=1S/C13H10F9NO2/c1-4-8(24-2-3-25-10(4)13(20,21)22)5-6(14)9(12(17,18)19)23-11(16)7(5)15/h4,8,10H,2-3H2,1H3. The maximum absolute atomic E-state index is 14.1. The second kappa shape index (κ2) is 6.63. The zero-order chi connectivity index (χ0) is 19.2. The van der Waals surface area contributed by atoms with E-state index in [4.69, 9.17) is 4.74 Å². The fourth-order valence-electron chi connectivity index (χ4n) is 2.52. The lowest BCUT2D eigenvalue weighted by Crippen LogP contribution is -2.39. The first-order valence-electron chi connectivity index (χ1n) is 6.77. The van der Waals surface area contributed by atoms with Gasteiger partial charge in [-0.05, 0) is 0 Å². The first-order valence-corrected chi connectivity index (χ1v) is 6.77. The molecule has 0 bridgehead atoms. The van der Waals surface area contributed by atoms with Gasteiger partial charge < -0.3 is 9.47 Å². The summed E-state index contributed by atoms with van der Waals surface area (Å²) < 4.78 is 128. The van der Waals surface area contributed by atoms with Gasteiger partial charge in [0.15, 0.2) is 23.4 Å². The Balaban J connectivity index is 2.61. The summed E-state index contributed by atoms with van der Waals surface area (Å²) in [6, 6.07) is 0. The van der Waals surface area contributed by atoms with Crippen LogP contribution in [0.4, 0.5) is 39.5 Å². The molecule has 3 unspecified atom stereocenters. The van der Waals surface area contributed by atoms with Crippen molar-refractivity contribution >= 4 is 0 Å². The summed E-state index contributed by atoms with van der Waals surface area (Å²) >= 11 is 0. The van der Waals surface area contributed by atoms with E-state index in [1.807, 2.05) is 0 Å². The van der Waals surface area contributed by atoms with E-state index in [0.717, 1.165) is 6.92 Å². The van der Waals surface area contributed by atoms with Gasteiger partial charge in [0.2, 0.25) is 5.95 Å². The van der Waals surface area contributed by atoms with Crippen molar-refractivity contribution in [2.24, 2.45) is 5.92 Å². The van der Waals surface area contributed by atoms with Crippen molar-refractivity contribution in [2.45, 2.75) is 31.5 Å². The molecule has 1 aromatic heterocycles. The summed E-state index contributed by atoms with van der Waals surface area (Å²) in [7, 11) is 0. The van der Waals surface area contributed by atoms with E-state index in [-0.39, 0.29) is 0 Å². The molecular formula is C13H10F9NO2. The van der Waals surface area contributed by atoms with Gasteiger partial charge in [0, 0.05) is 5.92 Å². The van der Waals surface area contributed by atoms with E-state index in [0.29, 0.717) is 0 Å². The Labute approximate surface area is 134 Å². The first kappa shape index (κ1) is 19.8. The van der Waals surface area contributed by atoms with Crippen molar-refractivity contribution < 1.29 is 49.0 Å². The summed E-state index contributed by atoms with van der Waals surface area (Å²) in [4.78, 5) is 2.16. The maximum Gasteiger partial charge on any atom is 0.436 e. The SMILES string of the molecule is CC1C(c2c(F)c(F)nc(C(F)(F)F)c2F)OCCOC1C(F)(F)F. The molecular weight excluding hydrogens is 373 g/mol. The Kier molecular flexibility index (Phi) is 5.24. The number of rotatable bonds is 1. The topological polar surface area (TPSA) is 31.4 Å². The van der Waals surface area contributed by atoms with Crippen LogP contribution in [-0.4, -0.2) is 30.5 Å². The van der Waals surface area contributed by atoms with Gasteiger partial charge in [-0.15, -0.1) is 0 Å². The molecule has 25 heavy (non-hydrogen) atoms. The molecule has 2 heterocycles. The highest BCUT2D eigenvalue weighted by Crippen LogP contribution is 2.42. The number of halogens is 9. The molecule has 3 atom stereocenters. The molecule has 0 spiro atoms. The Morgan fingerprint density at radius 1 is 0.920 bits per heavy atom. The van der Waals surface area contributed by atoms with Crippen LogP contribution in [0.15, 0.2) is 0 Å².